The van der Waals surface area contributed by atoms with Crippen molar-refractivity contribution in [1.82, 2.24) is 5.32 Å². The fourth-order valence-corrected chi connectivity index (χ4v) is 0.955. The Kier molecular flexibility index (Phi) is 1.81. The van der Waals surface area contributed by atoms with E-state index in [4.69, 9.17) is 0 Å². The molecule has 0 aromatic heterocycles. The van der Waals surface area contributed by atoms with Crippen LogP contribution in [0, 0.1) is 0 Å². The van der Waals surface area contributed by atoms with E-state index in [1.54, 1.807) is 0 Å². The molecule has 3 heteroatoms. The van der Waals surface area contributed by atoms with E-state index >= 15 is 0 Å². The van der Waals surface area contributed by atoms with Crippen LogP contribution in [0.15, 0.2) is 11.7 Å². The average molecular weight is 133 g/mol. The fourth-order valence-electron chi connectivity index (χ4n) is 0.955. The van der Waals surface area contributed by atoms with E-state index in [0.717, 1.165) is 0 Å². The van der Waals surface area contributed by atoms with Crippen LogP contribution in [0.25, 0.3) is 0 Å². The molecule has 0 bridgehead atoms. The molecule has 0 aromatic rings. The Hall–Kier alpha value is -0.440. The van der Waals surface area contributed by atoms with Gasteiger partial charge in [-0.3, -0.25) is 0 Å². The summed E-state index contributed by atoms with van der Waals surface area (Å²) in [4.78, 5) is 0. The molecule has 9 heavy (non-hydrogen) atoms. The van der Waals surface area contributed by atoms with Crippen molar-refractivity contribution < 1.29 is 8.78 Å². The molecule has 0 aliphatic carbocycles. The van der Waals surface area contributed by atoms with E-state index in [1.165, 1.54) is 0 Å². The molecule has 1 aliphatic rings. The number of hydrogen-bond donors (Lipinski definition) is 1. The van der Waals surface area contributed by atoms with Crippen LogP contribution in [-0.4, -0.2) is 12.6 Å². The summed E-state index contributed by atoms with van der Waals surface area (Å²) in [5.74, 6) is 0. The molecule has 1 nitrogen and oxygen atoms in total. The van der Waals surface area contributed by atoms with Gasteiger partial charge in [-0.25, -0.2) is 0 Å². The molecular formula is C6H9F2N. The maximum absolute atomic E-state index is 11.8. The lowest BCUT2D eigenvalue weighted by molar-refractivity contribution is 0.409. The molecule has 0 saturated carbocycles. The van der Waals surface area contributed by atoms with E-state index < -0.39 is 6.08 Å². The Balaban J connectivity index is 2.58. The highest BCUT2D eigenvalue weighted by atomic mass is 19.3. The van der Waals surface area contributed by atoms with Crippen molar-refractivity contribution in [2.24, 2.45) is 0 Å². The third kappa shape index (κ3) is 1.48. The number of nitrogens with one attached hydrogen (secondary N) is 1. The van der Waals surface area contributed by atoms with E-state index in [2.05, 4.69) is 5.32 Å². The maximum atomic E-state index is 11.8. The minimum atomic E-state index is -1.51. The van der Waals surface area contributed by atoms with Crippen LogP contribution >= 0.6 is 0 Å². The zero-order valence-corrected chi connectivity index (χ0v) is 5.25. The Morgan fingerprint density at radius 3 is 2.56 bits per heavy atom. The summed E-state index contributed by atoms with van der Waals surface area (Å²) in [7, 11) is 0. The second kappa shape index (κ2) is 2.43. The van der Waals surface area contributed by atoms with Crippen molar-refractivity contribution in [2.75, 3.05) is 6.54 Å². The first-order chi connectivity index (χ1) is 4.20. The van der Waals surface area contributed by atoms with Crippen molar-refractivity contribution in [3.63, 3.8) is 0 Å². The van der Waals surface area contributed by atoms with E-state index in [9.17, 15) is 8.78 Å². The lowest BCUT2D eigenvalue weighted by Gasteiger charge is -1.94. The van der Waals surface area contributed by atoms with Gasteiger partial charge < -0.3 is 5.32 Å². The van der Waals surface area contributed by atoms with Crippen LogP contribution in [0.3, 0.4) is 0 Å². The molecular weight excluding hydrogens is 124 g/mol. The smallest absolute Gasteiger partial charge is 0.270 e. The van der Waals surface area contributed by atoms with Crippen LogP contribution in [0.2, 0.25) is 0 Å². The normalized spacial score (nSPS) is 27.0. The molecule has 1 atom stereocenters. The van der Waals surface area contributed by atoms with E-state index in [0.29, 0.717) is 13.0 Å². The predicted octanol–water partition coefficient (Wildman–Crippen LogP) is 1.52. The zero-order chi connectivity index (χ0) is 6.85. The first-order valence-electron chi connectivity index (χ1n) is 2.96. The van der Waals surface area contributed by atoms with Crippen molar-refractivity contribution in [1.29, 1.82) is 0 Å². The Bertz CT molecular complexity index is 138. The van der Waals surface area contributed by atoms with E-state index in [1.807, 2.05) is 6.92 Å². The van der Waals surface area contributed by atoms with Gasteiger partial charge in [0.1, 0.15) is 0 Å². The monoisotopic (exact) mass is 133 g/mol. The summed E-state index contributed by atoms with van der Waals surface area (Å²) in [6.07, 6.45) is -1.01. The highest BCUT2D eigenvalue weighted by Crippen LogP contribution is 2.17. The van der Waals surface area contributed by atoms with Crippen LogP contribution in [0.5, 0.6) is 0 Å². The molecule has 1 heterocycles. The molecule has 1 fully saturated rings. The molecule has 1 aliphatic heterocycles. The first kappa shape index (κ1) is 6.68. The number of rotatable bonds is 0. The van der Waals surface area contributed by atoms with Gasteiger partial charge in [-0.1, -0.05) is 0 Å². The van der Waals surface area contributed by atoms with Crippen molar-refractivity contribution in [2.45, 2.75) is 19.4 Å². The summed E-state index contributed by atoms with van der Waals surface area (Å²) in [6.45, 7) is 2.26. The van der Waals surface area contributed by atoms with Crippen LogP contribution in [0.4, 0.5) is 8.78 Å². The van der Waals surface area contributed by atoms with Crippen molar-refractivity contribution in [3.05, 3.63) is 11.7 Å². The summed E-state index contributed by atoms with van der Waals surface area (Å²) in [5.41, 5.74) is 0.266. The van der Waals surface area contributed by atoms with Gasteiger partial charge >= 0.3 is 0 Å². The topological polar surface area (TPSA) is 12.0 Å². The highest BCUT2D eigenvalue weighted by Gasteiger charge is 2.17. The quantitative estimate of drug-likeness (QED) is 0.528. The molecule has 0 aromatic carbocycles. The van der Waals surface area contributed by atoms with Gasteiger partial charge in [-0.05, 0) is 13.3 Å². The van der Waals surface area contributed by atoms with Crippen molar-refractivity contribution in [3.8, 4) is 0 Å². The van der Waals surface area contributed by atoms with Gasteiger partial charge in [0.05, 0.1) is 0 Å². The van der Waals surface area contributed by atoms with Crippen LogP contribution in [-0.2, 0) is 0 Å². The zero-order valence-electron chi connectivity index (χ0n) is 5.25. The fraction of sp³-hybridized carbons (Fsp3) is 0.667. The molecule has 1 unspecified atom stereocenters. The van der Waals surface area contributed by atoms with Gasteiger partial charge in [0.2, 0.25) is 0 Å². The standard InChI is InChI=1S/C6H9F2N/c1-4-2-5(3-9-4)6(7)8/h4,9H,2-3H2,1H3. The second-order valence-electron chi connectivity index (χ2n) is 2.35. The largest absolute Gasteiger partial charge is 0.310 e. The highest BCUT2D eigenvalue weighted by molar-refractivity contribution is 5.11. The minimum Gasteiger partial charge on any atom is -0.310 e. The summed E-state index contributed by atoms with van der Waals surface area (Å²) in [5, 5.41) is 2.91. The molecule has 0 spiro atoms. The third-order valence-corrected chi connectivity index (χ3v) is 1.48. The molecule has 52 valence electrons. The summed E-state index contributed by atoms with van der Waals surface area (Å²) < 4.78 is 23.5. The van der Waals surface area contributed by atoms with Crippen LogP contribution in [0.1, 0.15) is 13.3 Å². The van der Waals surface area contributed by atoms with Gasteiger partial charge in [0.25, 0.3) is 6.08 Å². The Morgan fingerprint density at radius 2 is 2.33 bits per heavy atom. The third-order valence-electron chi connectivity index (χ3n) is 1.48. The number of halogens is 2. The minimum absolute atomic E-state index is 0.224. The Labute approximate surface area is 52.7 Å². The number of hydrogen-bond acceptors (Lipinski definition) is 1. The summed E-state index contributed by atoms with van der Waals surface area (Å²) in [6, 6.07) is 0.224. The van der Waals surface area contributed by atoms with Gasteiger partial charge in [-0.15, -0.1) is 0 Å². The van der Waals surface area contributed by atoms with E-state index in [-0.39, 0.29) is 11.6 Å². The van der Waals surface area contributed by atoms with Crippen molar-refractivity contribution >= 4 is 0 Å². The van der Waals surface area contributed by atoms with Gasteiger partial charge in [-0.2, -0.15) is 8.78 Å². The lowest BCUT2D eigenvalue weighted by Crippen LogP contribution is -2.16. The predicted molar refractivity (Wildman–Crippen MR) is 31.3 cm³/mol. The first-order valence-corrected chi connectivity index (χ1v) is 2.96. The van der Waals surface area contributed by atoms with Crippen LogP contribution < -0.4 is 5.32 Å². The summed E-state index contributed by atoms with van der Waals surface area (Å²) >= 11 is 0. The lowest BCUT2D eigenvalue weighted by atomic mass is 10.2. The Morgan fingerprint density at radius 1 is 1.67 bits per heavy atom. The molecule has 0 amide bonds. The SMILES string of the molecule is CC1CC(=C(F)F)CN1. The molecule has 0 radical (unpaired) electrons. The molecule has 1 rings (SSSR count). The molecule has 1 N–H and O–H groups in total. The second-order valence-corrected chi connectivity index (χ2v) is 2.35. The maximum Gasteiger partial charge on any atom is 0.270 e. The van der Waals surface area contributed by atoms with Gasteiger partial charge in [0, 0.05) is 18.2 Å². The molecule has 1 saturated heterocycles. The van der Waals surface area contributed by atoms with Gasteiger partial charge in [0.15, 0.2) is 0 Å². The average Bonchev–Trinajstić information content (AvgIpc) is 2.14.